The quantitative estimate of drug-likeness (QED) is 0.333. The third-order valence-electron chi connectivity index (χ3n) is 13.6. The molecule has 4 N–H and O–H groups in total. The first-order chi connectivity index (χ1) is 28.6. The highest BCUT2D eigenvalue weighted by Crippen LogP contribution is 2.41. The van der Waals surface area contributed by atoms with Crippen LogP contribution in [-0.4, -0.2) is 137 Å². The van der Waals surface area contributed by atoms with Crippen molar-refractivity contribution in [3.05, 3.63) is 76.3 Å². The van der Waals surface area contributed by atoms with Gasteiger partial charge in [0.15, 0.2) is 6.10 Å². The molecule has 1 aromatic carbocycles. The van der Waals surface area contributed by atoms with Crippen LogP contribution in [-0.2, 0) is 32.3 Å². The van der Waals surface area contributed by atoms with E-state index in [0.717, 1.165) is 89.3 Å². The molecule has 0 aromatic heterocycles. The average Bonchev–Trinajstić information content (AvgIpc) is 3.84. The number of hydrogen-bond donors (Lipinski definition) is 3. The molecule has 16 nitrogen and oxygen atoms in total. The first-order valence-corrected chi connectivity index (χ1v) is 21.1. The number of imide groups is 1. The first-order valence-electron chi connectivity index (χ1n) is 21.1. The van der Waals surface area contributed by atoms with Gasteiger partial charge < -0.3 is 30.6 Å². The Morgan fingerprint density at radius 1 is 1.02 bits per heavy atom. The van der Waals surface area contributed by atoms with Crippen LogP contribution in [0.15, 0.2) is 80.3 Å². The highest BCUT2D eigenvalue weighted by Gasteiger charge is 2.41. The Morgan fingerprint density at radius 3 is 2.69 bits per heavy atom. The number of likely N-dealkylation sites (tertiary alicyclic amines) is 2. The number of hydrogen-bond acceptors (Lipinski definition) is 12. The Balaban J connectivity index is 0.729. The van der Waals surface area contributed by atoms with Gasteiger partial charge in [-0.25, -0.2) is 9.79 Å². The lowest BCUT2D eigenvalue weighted by atomic mass is 9.87. The average molecular weight is 802 g/mol. The third kappa shape index (κ3) is 7.26. The predicted molar refractivity (Wildman–Crippen MR) is 221 cm³/mol. The van der Waals surface area contributed by atoms with Crippen LogP contribution in [0.25, 0.3) is 0 Å². The lowest BCUT2D eigenvalue weighted by Gasteiger charge is -2.45. The zero-order valence-electron chi connectivity index (χ0n) is 33.4. The molecule has 2 bridgehead atoms. The molecule has 5 atom stereocenters. The molecule has 7 heterocycles. The van der Waals surface area contributed by atoms with Gasteiger partial charge in [0.05, 0.1) is 23.9 Å². The van der Waals surface area contributed by atoms with Gasteiger partial charge in [0, 0.05) is 95.9 Å². The number of carbonyl (C=O) groups is 4. The molecule has 4 fully saturated rings. The minimum absolute atomic E-state index is 0.0703. The molecule has 308 valence electrons. The number of nitrogens with one attached hydrogen (secondary N) is 2. The minimum atomic E-state index is -0.805. The van der Waals surface area contributed by atoms with Gasteiger partial charge in [-0.05, 0) is 78.5 Å². The number of oxime groups is 1. The summed E-state index contributed by atoms with van der Waals surface area (Å²) in [6.45, 7) is 7.77. The molecule has 10 rings (SSSR count). The number of amides is 5. The van der Waals surface area contributed by atoms with E-state index in [4.69, 9.17) is 15.6 Å². The van der Waals surface area contributed by atoms with Crippen molar-refractivity contribution in [2.24, 2.45) is 38.6 Å². The van der Waals surface area contributed by atoms with Crippen LogP contribution in [0.1, 0.15) is 49.7 Å². The Hall–Kier alpha value is -5.61. The Bertz CT molecular complexity index is 2200. The van der Waals surface area contributed by atoms with E-state index in [1.54, 1.807) is 17.3 Å². The summed E-state index contributed by atoms with van der Waals surface area (Å²) in [5.41, 5.74) is 13.4. The molecule has 0 spiro atoms. The number of fused-ring (bicyclic) bond motifs is 3. The van der Waals surface area contributed by atoms with E-state index in [0.29, 0.717) is 48.7 Å². The number of nitrogens with two attached hydrogens (primary N) is 1. The fraction of sp³-hybridized carbons (Fsp3) is 0.512. The smallest absolute Gasteiger partial charge is 0.320 e. The Morgan fingerprint density at radius 2 is 1.88 bits per heavy atom. The van der Waals surface area contributed by atoms with Crippen LogP contribution in [0.4, 0.5) is 10.5 Å². The normalized spacial score (nSPS) is 29.8. The van der Waals surface area contributed by atoms with E-state index in [9.17, 15) is 19.2 Å². The van der Waals surface area contributed by atoms with Gasteiger partial charge in [-0.1, -0.05) is 23.4 Å². The molecule has 1 aromatic rings. The maximum absolute atomic E-state index is 12.8. The molecular weight excluding hydrogens is 751 g/mol. The minimum Gasteiger partial charge on any atom is -0.383 e. The summed E-state index contributed by atoms with van der Waals surface area (Å²) in [4.78, 5) is 76.0. The summed E-state index contributed by atoms with van der Waals surface area (Å²) in [5.74, 6) is -0.725. The fourth-order valence-electron chi connectivity index (χ4n) is 10.3. The molecule has 7 aliphatic heterocycles. The molecule has 4 saturated heterocycles. The summed E-state index contributed by atoms with van der Waals surface area (Å²) in [7, 11) is 1.84. The molecule has 16 heteroatoms. The van der Waals surface area contributed by atoms with E-state index in [1.165, 1.54) is 22.3 Å². The van der Waals surface area contributed by atoms with Crippen LogP contribution in [0.3, 0.4) is 0 Å². The number of primary amides is 1. The maximum atomic E-state index is 12.8. The van der Waals surface area contributed by atoms with Crippen molar-refractivity contribution in [2.75, 3.05) is 58.2 Å². The lowest BCUT2D eigenvalue weighted by molar-refractivity contribution is -0.134. The Labute approximate surface area is 343 Å². The van der Waals surface area contributed by atoms with Crippen molar-refractivity contribution in [2.45, 2.75) is 69.8 Å². The van der Waals surface area contributed by atoms with E-state index < -0.39 is 17.7 Å². The van der Waals surface area contributed by atoms with Crippen LogP contribution in [0.2, 0.25) is 0 Å². The number of allylic oxidation sites excluding steroid dienone is 4. The largest absolute Gasteiger partial charge is 0.383 e. The number of urea groups is 1. The SMILES string of the molecule is CN1CCN(C2CCCN(C3=CN=CC(C(N)=O)C(Nc4ccc5c(c4)CN(C4CN(CC6CC7=C(C6)C6C=C(C=C7)C(C7CCC(=O)NC7=O)=NO6)C4)C5)=N3)C2)C1=O. The summed E-state index contributed by atoms with van der Waals surface area (Å²) in [6, 6.07) is 7.04. The Kier molecular flexibility index (Phi) is 9.70. The number of benzene rings is 1. The fourth-order valence-corrected chi connectivity index (χ4v) is 10.3. The predicted octanol–water partition coefficient (Wildman–Crippen LogP) is 2.32. The van der Waals surface area contributed by atoms with Gasteiger partial charge in [0.25, 0.3) is 0 Å². The first kappa shape index (κ1) is 37.6. The van der Waals surface area contributed by atoms with Gasteiger partial charge in [-0.2, -0.15) is 0 Å². The maximum Gasteiger partial charge on any atom is 0.320 e. The van der Waals surface area contributed by atoms with Crippen LogP contribution in [0.5, 0.6) is 0 Å². The number of nitrogens with zero attached hydrogens (tertiary/aromatic N) is 8. The summed E-state index contributed by atoms with van der Waals surface area (Å²) < 4.78 is 0. The molecule has 5 amide bonds. The number of amidine groups is 1. The molecule has 9 aliphatic rings. The van der Waals surface area contributed by atoms with Crippen LogP contribution >= 0.6 is 0 Å². The number of likely N-dealkylation sites (N-methyl/N-ethyl adjacent to an activating group) is 1. The number of aliphatic imine (C=N–C) groups is 2. The van der Waals surface area contributed by atoms with Crippen molar-refractivity contribution in [1.82, 2.24) is 29.8 Å². The molecule has 0 radical (unpaired) electrons. The lowest BCUT2D eigenvalue weighted by Crippen LogP contribution is -2.58. The van der Waals surface area contributed by atoms with E-state index in [2.05, 4.69) is 71.9 Å². The van der Waals surface area contributed by atoms with Gasteiger partial charge in [0.1, 0.15) is 17.6 Å². The highest BCUT2D eigenvalue weighted by atomic mass is 16.6. The molecule has 59 heavy (non-hydrogen) atoms. The standard InChI is InChI=1S/C43H51N11O5/c1-50-11-12-54(43(50)58)31-3-2-10-52(24-31)37-18-45-17-35(40(44)56)41(47-37)46-30-7-6-28-20-53(21-29(28)15-30)32-22-51(23-32)19-25-13-26-4-5-27-16-36(34(26)14-25)59-49-39(27)33-8-9-38(55)48-42(33)57/h4-7,15-18,25,31-33,35-36H,2-3,8-14,19-24H2,1H3,(H2,44,56)(H,46,47)(H,48,55,57). The van der Waals surface area contributed by atoms with Gasteiger partial charge >= 0.3 is 6.03 Å². The second-order valence-corrected chi connectivity index (χ2v) is 17.5. The van der Waals surface area contributed by atoms with Crippen LogP contribution < -0.4 is 16.4 Å². The highest BCUT2D eigenvalue weighted by molar-refractivity contribution is 6.20. The summed E-state index contributed by atoms with van der Waals surface area (Å²) in [6.07, 6.45) is 14.0. The number of carbonyl (C=O) groups excluding carboxylic acids is 4. The van der Waals surface area contributed by atoms with Gasteiger partial charge in [-0.3, -0.25) is 34.5 Å². The van der Waals surface area contributed by atoms with Crippen molar-refractivity contribution >= 4 is 47.2 Å². The third-order valence-corrected chi connectivity index (χ3v) is 13.6. The second kappa shape index (κ2) is 15.2. The van der Waals surface area contributed by atoms with Crippen molar-refractivity contribution in [3.63, 3.8) is 0 Å². The molecule has 2 aliphatic carbocycles. The van der Waals surface area contributed by atoms with E-state index >= 15 is 0 Å². The topological polar surface area (TPSA) is 181 Å². The summed E-state index contributed by atoms with van der Waals surface area (Å²) >= 11 is 0. The summed E-state index contributed by atoms with van der Waals surface area (Å²) in [5, 5.41) is 10.3. The van der Waals surface area contributed by atoms with Crippen molar-refractivity contribution < 1.29 is 24.0 Å². The number of piperidine rings is 2. The molecule has 5 unspecified atom stereocenters. The number of anilines is 1. The van der Waals surface area contributed by atoms with Crippen LogP contribution in [0, 0.1) is 17.8 Å². The zero-order valence-corrected chi connectivity index (χ0v) is 33.4. The van der Waals surface area contributed by atoms with Gasteiger partial charge in [0.2, 0.25) is 17.7 Å². The van der Waals surface area contributed by atoms with E-state index in [-0.39, 0.29) is 30.0 Å². The second-order valence-electron chi connectivity index (χ2n) is 17.5. The van der Waals surface area contributed by atoms with Crippen molar-refractivity contribution in [1.29, 1.82) is 0 Å². The van der Waals surface area contributed by atoms with Gasteiger partial charge in [-0.15, -0.1) is 0 Å². The molecule has 0 saturated carbocycles. The number of rotatable bonds is 8. The van der Waals surface area contributed by atoms with E-state index in [1.807, 2.05) is 11.9 Å². The molecular formula is C43H51N11O5. The monoisotopic (exact) mass is 801 g/mol. The van der Waals surface area contributed by atoms with Crippen molar-refractivity contribution in [3.8, 4) is 0 Å². The zero-order chi connectivity index (χ0) is 40.4.